The number of fused-ring (bicyclic) bond motifs is 1. The minimum atomic E-state index is 0.747. The molecule has 0 aliphatic heterocycles. The van der Waals surface area contributed by atoms with E-state index in [2.05, 4.69) is 117 Å². The van der Waals surface area contributed by atoms with E-state index in [0.29, 0.717) is 0 Å². The number of hydrogen-bond acceptors (Lipinski definition) is 2. The Hall–Kier alpha value is -3.80. The van der Waals surface area contributed by atoms with Gasteiger partial charge in [0.25, 0.3) is 0 Å². The number of ether oxygens (including phenoxy) is 1. The van der Waals surface area contributed by atoms with Crippen LogP contribution in [0.3, 0.4) is 0 Å². The summed E-state index contributed by atoms with van der Waals surface area (Å²) in [6.07, 6.45) is 3.33. The van der Waals surface area contributed by atoms with E-state index in [1.807, 2.05) is 6.07 Å². The molecule has 0 amide bonds. The second kappa shape index (κ2) is 11.3. The second-order valence-electron chi connectivity index (χ2n) is 9.01. The molecule has 0 saturated heterocycles. The largest absolute Gasteiger partial charge is 0.494 e. The summed E-state index contributed by atoms with van der Waals surface area (Å²) < 4.78 is 6.97. The van der Waals surface area contributed by atoms with Gasteiger partial charge in [0.2, 0.25) is 0 Å². The third kappa shape index (κ3) is 5.70. The van der Waals surface area contributed by atoms with Crippen molar-refractivity contribution < 1.29 is 4.74 Å². The Kier molecular flexibility index (Phi) is 7.50. The fourth-order valence-corrected chi connectivity index (χ4v) is 5.22. The Labute approximate surface area is 218 Å². The van der Waals surface area contributed by atoms with E-state index in [4.69, 9.17) is 4.74 Å². The molecule has 0 radical (unpaired) electrons. The van der Waals surface area contributed by atoms with Gasteiger partial charge >= 0.3 is 0 Å². The minimum absolute atomic E-state index is 0.747. The van der Waals surface area contributed by atoms with E-state index >= 15 is 0 Å². The van der Waals surface area contributed by atoms with Crippen LogP contribution in [0.4, 0.5) is 0 Å². The van der Waals surface area contributed by atoms with Crippen LogP contribution in [0.2, 0.25) is 0 Å². The number of thiophene rings is 1. The lowest BCUT2D eigenvalue weighted by atomic mass is 9.98. The molecule has 0 bridgehead atoms. The molecule has 178 valence electrons. The monoisotopic (exact) mass is 486 g/mol. The molecule has 0 aliphatic carbocycles. The van der Waals surface area contributed by atoms with Crippen LogP contribution in [-0.2, 0) is 6.42 Å². The third-order valence-corrected chi connectivity index (χ3v) is 7.24. The van der Waals surface area contributed by atoms with Gasteiger partial charge in [0, 0.05) is 10.3 Å². The van der Waals surface area contributed by atoms with E-state index < -0.39 is 0 Å². The Morgan fingerprint density at radius 1 is 0.639 bits per heavy atom. The Balaban J connectivity index is 1.27. The summed E-state index contributed by atoms with van der Waals surface area (Å²) in [5.74, 6) is 7.59. The van der Waals surface area contributed by atoms with Crippen molar-refractivity contribution in [1.29, 1.82) is 0 Å². The zero-order valence-corrected chi connectivity index (χ0v) is 21.7. The Morgan fingerprint density at radius 2 is 1.25 bits per heavy atom. The highest BCUT2D eigenvalue weighted by atomic mass is 32.1. The van der Waals surface area contributed by atoms with E-state index in [-0.39, 0.29) is 0 Å². The maximum Gasteiger partial charge on any atom is 0.120 e. The molecule has 1 heterocycles. The van der Waals surface area contributed by atoms with Crippen LogP contribution in [0.25, 0.3) is 32.3 Å². The van der Waals surface area contributed by atoms with Gasteiger partial charge < -0.3 is 4.74 Å². The van der Waals surface area contributed by atoms with Gasteiger partial charge in [-0.2, -0.15) is 0 Å². The highest BCUT2D eigenvalue weighted by molar-refractivity contribution is 7.19. The van der Waals surface area contributed by atoms with E-state index in [9.17, 15) is 0 Å². The van der Waals surface area contributed by atoms with Gasteiger partial charge in [-0.05, 0) is 82.4 Å². The highest BCUT2D eigenvalue weighted by Crippen LogP contribution is 2.29. The molecule has 0 fully saturated rings. The fraction of sp³-hybridized carbons (Fsp3) is 0.176. The van der Waals surface area contributed by atoms with E-state index in [1.54, 1.807) is 11.3 Å². The maximum absolute atomic E-state index is 5.76. The standard InChI is InChI=1S/C34H30OS/c1-3-5-25-6-11-27(12-7-25)29-15-17-30(18-16-29)28-13-8-26(9-14-28)10-21-33-23-31-19-20-32(35-22-4-2)24-34(31)36-33/h6-9,11-20,23-24H,3-5,22H2,1-2H3. The normalized spacial score (nSPS) is 10.7. The van der Waals surface area contributed by atoms with Crippen molar-refractivity contribution in [2.75, 3.05) is 6.61 Å². The smallest absolute Gasteiger partial charge is 0.120 e. The van der Waals surface area contributed by atoms with Crippen LogP contribution >= 0.6 is 11.3 Å². The van der Waals surface area contributed by atoms with Crippen molar-refractivity contribution in [3.05, 3.63) is 113 Å². The van der Waals surface area contributed by atoms with Crippen LogP contribution in [0, 0.1) is 11.8 Å². The topological polar surface area (TPSA) is 9.23 Å². The van der Waals surface area contributed by atoms with Crippen LogP contribution in [0.5, 0.6) is 5.75 Å². The van der Waals surface area contributed by atoms with Gasteiger partial charge in [-0.15, -0.1) is 11.3 Å². The molecule has 5 aromatic rings. The molecule has 1 nitrogen and oxygen atoms in total. The summed E-state index contributed by atoms with van der Waals surface area (Å²) in [5, 5.41) is 1.21. The maximum atomic E-state index is 5.76. The third-order valence-electron chi connectivity index (χ3n) is 6.22. The second-order valence-corrected chi connectivity index (χ2v) is 10.1. The van der Waals surface area contributed by atoms with E-state index in [1.165, 1.54) is 44.3 Å². The average Bonchev–Trinajstić information content (AvgIpc) is 3.34. The molecule has 2 heteroatoms. The van der Waals surface area contributed by atoms with Gasteiger partial charge in [-0.3, -0.25) is 0 Å². The van der Waals surface area contributed by atoms with Gasteiger partial charge in [-0.1, -0.05) is 92.8 Å². The molecule has 0 saturated carbocycles. The van der Waals surface area contributed by atoms with Gasteiger partial charge in [0.05, 0.1) is 11.5 Å². The average molecular weight is 487 g/mol. The first kappa shape index (κ1) is 23.9. The van der Waals surface area contributed by atoms with Crippen molar-refractivity contribution in [3.63, 3.8) is 0 Å². The minimum Gasteiger partial charge on any atom is -0.494 e. The van der Waals surface area contributed by atoms with Crippen LogP contribution in [0.1, 0.15) is 42.7 Å². The quantitative estimate of drug-likeness (QED) is 0.208. The summed E-state index contributed by atoms with van der Waals surface area (Å²) in [5.41, 5.74) is 7.35. The van der Waals surface area contributed by atoms with Gasteiger partial charge in [0.15, 0.2) is 0 Å². The van der Waals surface area contributed by atoms with Crippen molar-refractivity contribution in [2.45, 2.75) is 33.1 Å². The van der Waals surface area contributed by atoms with E-state index in [0.717, 1.165) is 35.6 Å². The van der Waals surface area contributed by atoms with Crippen LogP contribution in [-0.4, -0.2) is 6.61 Å². The molecule has 0 N–H and O–H groups in total. The van der Waals surface area contributed by atoms with Crippen molar-refractivity contribution in [2.24, 2.45) is 0 Å². The first-order chi connectivity index (χ1) is 17.7. The molecule has 5 rings (SSSR count). The molecule has 1 aromatic heterocycles. The lowest BCUT2D eigenvalue weighted by molar-refractivity contribution is 0.318. The zero-order chi connectivity index (χ0) is 24.7. The summed E-state index contributed by atoms with van der Waals surface area (Å²) in [4.78, 5) is 1.07. The van der Waals surface area contributed by atoms with Gasteiger partial charge in [0.1, 0.15) is 5.75 Å². The predicted molar refractivity (Wildman–Crippen MR) is 155 cm³/mol. The number of aryl methyl sites for hydroxylation is 1. The number of benzene rings is 4. The number of hydrogen-bond donors (Lipinski definition) is 0. The van der Waals surface area contributed by atoms with Crippen LogP contribution < -0.4 is 4.74 Å². The summed E-state index contributed by atoms with van der Waals surface area (Å²) >= 11 is 1.71. The molecule has 36 heavy (non-hydrogen) atoms. The molecule has 0 atom stereocenters. The summed E-state index contributed by atoms with van der Waals surface area (Å²) in [6.45, 7) is 5.08. The predicted octanol–water partition coefficient (Wildman–Crippen LogP) is 9.38. The number of rotatable bonds is 7. The Morgan fingerprint density at radius 3 is 1.86 bits per heavy atom. The molecule has 0 spiro atoms. The molecular formula is C34H30OS. The lowest BCUT2D eigenvalue weighted by Crippen LogP contribution is -1.93. The Bertz CT molecular complexity index is 1490. The van der Waals surface area contributed by atoms with Crippen LogP contribution in [0.15, 0.2) is 97.1 Å². The first-order valence-electron chi connectivity index (χ1n) is 12.7. The molecule has 0 unspecified atom stereocenters. The lowest BCUT2D eigenvalue weighted by Gasteiger charge is -2.06. The van der Waals surface area contributed by atoms with Crippen molar-refractivity contribution >= 4 is 21.4 Å². The fourth-order valence-electron chi connectivity index (χ4n) is 4.27. The first-order valence-corrected chi connectivity index (χ1v) is 13.5. The molecular weight excluding hydrogens is 456 g/mol. The van der Waals surface area contributed by atoms with Crippen molar-refractivity contribution in [3.8, 4) is 39.8 Å². The summed E-state index contributed by atoms with van der Waals surface area (Å²) in [6, 6.07) is 34.7. The summed E-state index contributed by atoms with van der Waals surface area (Å²) in [7, 11) is 0. The van der Waals surface area contributed by atoms with Crippen molar-refractivity contribution in [1.82, 2.24) is 0 Å². The SMILES string of the molecule is CCCOc1ccc2cc(C#Cc3ccc(-c4ccc(-c5ccc(CCC)cc5)cc4)cc3)sc2c1. The molecule has 4 aromatic carbocycles. The zero-order valence-electron chi connectivity index (χ0n) is 20.9. The van der Waals surface area contributed by atoms with Gasteiger partial charge in [-0.25, -0.2) is 0 Å². The highest BCUT2D eigenvalue weighted by Gasteiger charge is 2.03. The molecule has 0 aliphatic rings.